The SMILES string of the molecule is O=C(Nc1ccc(-c2ccncc2)cc1F)[C@H]1COc2ccccc2O1. The maximum atomic E-state index is 14.4. The van der Waals surface area contributed by atoms with Gasteiger partial charge in [-0.2, -0.15) is 0 Å². The van der Waals surface area contributed by atoms with Crippen LogP contribution in [-0.2, 0) is 4.79 Å². The van der Waals surface area contributed by atoms with Gasteiger partial charge in [-0.05, 0) is 47.5 Å². The predicted molar refractivity (Wildman–Crippen MR) is 94.6 cm³/mol. The summed E-state index contributed by atoms with van der Waals surface area (Å²) in [6.07, 6.45) is 2.44. The number of carbonyl (C=O) groups excluding carboxylic acids is 1. The number of rotatable bonds is 3. The van der Waals surface area contributed by atoms with Gasteiger partial charge in [0.2, 0.25) is 6.10 Å². The van der Waals surface area contributed by atoms with Crippen LogP contribution in [0.3, 0.4) is 0 Å². The van der Waals surface area contributed by atoms with Crippen molar-refractivity contribution in [2.75, 3.05) is 11.9 Å². The van der Waals surface area contributed by atoms with Gasteiger partial charge in [-0.1, -0.05) is 18.2 Å². The number of nitrogens with one attached hydrogen (secondary N) is 1. The number of nitrogens with zero attached hydrogens (tertiary/aromatic N) is 1. The summed E-state index contributed by atoms with van der Waals surface area (Å²) in [4.78, 5) is 16.3. The van der Waals surface area contributed by atoms with Crippen LogP contribution in [0.15, 0.2) is 67.0 Å². The first-order valence-corrected chi connectivity index (χ1v) is 8.10. The van der Waals surface area contributed by atoms with Crippen LogP contribution in [0.4, 0.5) is 10.1 Å². The van der Waals surface area contributed by atoms with Crippen LogP contribution in [0.5, 0.6) is 11.5 Å². The van der Waals surface area contributed by atoms with Gasteiger partial charge in [-0.25, -0.2) is 4.39 Å². The Morgan fingerprint density at radius 3 is 2.58 bits per heavy atom. The molecule has 0 saturated carbocycles. The maximum absolute atomic E-state index is 14.4. The second kappa shape index (κ2) is 6.84. The first-order chi connectivity index (χ1) is 12.7. The third-order valence-corrected chi connectivity index (χ3v) is 4.04. The Bertz CT molecular complexity index is 947. The number of halogens is 1. The standard InChI is InChI=1S/C20H15FN2O3/c21-15-11-14(13-7-9-22-10-8-13)5-6-16(15)23-20(24)19-12-25-17-3-1-2-4-18(17)26-19/h1-11,19H,12H2,(H,23,24)/t19-/m1/s1. The van der Waals surface area contributed by atoms with Crippen molar-refractivity contribution in [2.24, 2.45) is 0 Å². The van der Waals surface area contributed by atoms with Gasteiger partial charge in [0.05, 0.1) is 5.69 Å². The molecule has 0 aliphatic carbocycles. The molecule has 4 rings (SSSR count). The van der Waals surface area contributed by atoms with Gasteiger partial charge < -0.3 is 14.8 Å². The van der Waals surface area contributed by atoms with Crippen molar-refractivity contribution in [1.82, 2.24) is 4.98 Å². The van der Waals surface area contributed by atoms with Crippen LogP contribution in [0.2, 0.25) is 0 Å². The lowest BCUT2D eigenvalue weighted by Crippen LogP contribution is -2.40. The van der Waals surface area contributed by atoms with Crippen LogP contribution < -0.4 is 14.8 Å². The van der Waals surface area contributed by atoms with Gasteiger partial charge in [0.1, 0.15) is 12.4 Å². The van der Waals surface area contributed by atoms with Gasteiger partial charge in [0.15, 0.2) is 11.5 Å². The number of para-hydroxylation sites is 2. The van der Waals surface area contributed by atoms with E-state index < -0.39 is 17.8 Å². The fraction of sp³-hybridized carbons (Fsp3) is 0.100. The van der Waals surface area contributed by atoms with Crippen molar-refractivity contribution in [1.29, 1.82) is 0 Å². The summed E-state index contributed by atoms with van der Waals surface area (Å²) in [5.41, 5.74) is 1.64. The molecule has 1 aliphatic rings. The Morgan fingerprint density at radius 1 is 1.04 bits per heavy atom. The van der Waals surface area contributed by atoms with E-state index >= 15 is 0 Å². The van der Waals surface area contributed by atoms with Crippen molar-refractivity contribution in [3.05, 3.63) is 72.8 Å². The quantitative estimate of drug-likeness (QED) is 0.783. The average Bonchev–Trinajstić information content (AvgIpc) is 2.69. The molecule has 1 aliphatic heterocycles. The first kappa shape index (κ1) is 16.1. The minimum absolute atomic E-state index is 0.0690. The van der Waals surface area contributed by atoms with E-state index in [2.05, 4.69) is 10.3 Å². The molecule has 1 amide bonds. The van der Waals surface area contributed by atoms with E-state index in [9.17, 15) is 9.18 Å². The maximum Gasteiger partial charge on any atom is 0.269 e. The summed E-state index contributed by atoms with van der Waals surface area (Å²) in [7, 11) is 0. The normalized spacial score (nSPS) is 15.3. The van der Waals surface area contributed by atoms with E-state index in [-0.39, 0.29) is 12.3 Å². The van der Waals surface area contributed by atoms with Gasteiger partial charge in [0.25, 0.3) is 5.91 Å². The predicted octanol–water partition coefficient (Wildman–Crippen LogP) is 3.67. The van der Waals surface area contributed by atoms with Crippen LogP contribution in [0, 0.1) is 5.82 Å². The molecule has 0 unspecified atom stereocenters. The molecule has 1 N–H and O–H groups in total. The molecule has 1 aromatic heterocycles. The van der Waals surface area contributed by atoms with Crippen molar-refractivity contribution >= 4 is 11.6 Å². The summed E-state index contributed by atoms with van der Waals surface area (Å²) in [6.45, 7) is 0.0690. The minimum atomic E-state index is -0.843. The first-order valence-electron chi connectivity index (χ1n) is 8.10. The molecule has 0 spiro atoms. The zero-order valence-corrected chi connectivity index (χ0v) is 13.7. The summed E-state index contributed by atoms with van der Waals surface area (Å²) in [5, 5.41) is 2.56. The molecule has 1 atom stereocenters. The number of hydrogen-bond donors (Lipinski definition) is 1. The number of carbonyl (C=O) groups is 1. The van der Waals surface area contributed by atoms with Crippen LogP contribution in [0.25, 0.3) is 11.1 Å². The molecule has 6 heteroatoms. The zero-order valence-electron chi connectivity index (χ0n) is 13.7. The second-order valence-electron chi connectivity index (χ2n) is 5.78. The van der Waals surface area contributed by atoms with E-state index in [4.69, 9.17) is 9.47 Å². The topological polar surface area (TPSA) is 60.5 Å². The molecule has 2 heterocycles. The molecule has 26 heavy (non-hydrogen) atoms. The van der Waals surface area contributed by atoms with Gasteiger partial charge in [0, 0.05) is 12.4 Å². The lowest BCUT2D eigenvalue weighted by Gasteiger charge is -2.25. The Labute approximate surface area is 149 Å². The van der Waals surface area contributed by atoms with Crippen molar-refractivity contribution in [3.8, 4) is 22.6 Å². The number of anilines is 1. The summed E-state index contributed by atoms with van der Waals surface area (Å²) in [5.74, 6) is 0.0942. The Balaban J connectivity index is 1.48. The van der Waals surface area contributed by atoms with Gasteiger partial charge in [-0.3, -0.25) is 9.78 Å². The third kappa shape index (κ3) is 3.21. The van der Waals surface area contributed by atoms with Crippen LogP contribution >= 0.6 is 0 Å². The number of aromatic nitrogens is 1. The van der Waals surface area contributed by atoms with E-state index in [0.717, 1.165) is 5.56 Å². The van der Waals surface area contributed by atoms with E-state index in [1.807, 2.05) is 6.07 Å². The van der Waals surface area contributed by atoms with Crippen molar-refractivity contribution < 1.29 is 18.7 Å². The molecule has 0 radical (unpaired) electrons. The van der Waals surface area contributed by atoms with Gasteiger partial charge >= 0.3 is 0 Å². The van der Waals surface area contributed by atoms with E-state index in [1.165, 1.54) is 12.1 Å². The summed E-state index contributed by atoms with van der Waals surface area (Å²) < 4.78 is 25.5. The van der Waals surface area contributed by atoms with Crippen molar-refractivity contribution in [3.63, 3.8) is 0 Å². The Kier molecular flexibility index (Phi) is 4.23. The van der Waals surface area contributed by atoms with Crippen molar-refractivity contribution in [2.45, 2.75) is 6.10 Å². The molecule has 2 aromatic carbocycles. The summed E-state index contributed by atoms with van der Waals surface area (Å²) >= 11 is 0. The highest BCUT2D eigenvalue weighted by Crippen LogP contribution is 2.31. The fourth-order valence-corrected chi connectivity index (χ4v) is 2.70. The number of fused-ring (bicyclic) bond motifs is 1. The highest BCUT2D eigenvalue weighted by Gasteiger charge is 2.27. The molecule has 0 fully saturated rings. The molecule has 0 saturated heterocycles. The molecule has 5 nitrogen and oxygen atoms in total. The molecule has 0 bridgehead atoms. The monoisotopic (exact) mass is 350 g/mol. The Hall–Kier alpha value is -3.41. The lowest BCUT2D eigenvalue weighted by atomic mass is 10.1. The fourth-order valence-electron chi connectivity index (χ4n) is 2.70. The highest BCUT2D eigenvalue weighted by atomic mass is 19.1. The lowest BCUT2D eigenvalue weighted by molar-refractivity contribution is -0.125. The number of amides is 1. The van der Waals surface area contributed by atoms with E-state index in [1.54, 1.807) is 48.8 Å². The van der Waals surface area contributed by atoms with Crippen LogP contribution in [-0.4, -0.2) is 23.6 Å². The third-order valence-electron chi connectivity index (χ3n) is 4.04. The minimum Gasteiger partial charge on any atom is -0.485 e. The number of ether oxygens (including phenoxy) is 2. The smallest absolute Gasteiger partial charge is 0.269 e. The summed E-state index contributed by atoms with van der Waals surface area (Å²) in [6, 6.07) is 15.3. The molecular weight excluding hydrogens is 335 g/mol. The van der Waals surface area contributed by atoms with Crippen LogP contribution in [0.1, 0.15) is 0 Å². The highest BCUT2D eigenvalue weighted by molar-refractivity contribution is 5.95. The average molecular weight is 350 g/mol. The Morgan fingerprint density at radius 2 is 1.81 bits per heavy atom. The number of pyridine rings is 1. The number of benzene rings is 2. The second-order valence-corrected chi connectivity index (χ2v) is 5.78. The zero-order chi connectivity index (χ0) is 17.9. The number of hydrogen-bond acceptors (Lipinski definition) is 4. The molecule has 3 aromatic rings. The van der Waals surface area contributed by atoms with Gasteiger partial charge in [-0.15, -0.1) is 0 Å². The molecule has 130 valence electrons. The molecular formula is C20H15FN2O3. The van der Waals surface area contributed by atoms with E-state index in [0.29, 0.717) is 17.1 Å². The largest absolute Gasteiger partial charge is 0.485 e.